The molecule has 1 heterocycles. The first-order valence-corrected chi connectivity index (χ1v) is 7.30. The highest BCUT2D eigenvalue weighted by molar-refractivity contribution is 7.10. The summed E-state index contributed by atoms with van der Waals surface area (Å²) in [6.45, 7) is 4.18. The van der Waals surface area contributed by atoms with E-state index in [0.717, 1.165) is 12.0 Å². The number of aromatic hydroxyl groups is 2. The van der Waals surface area contributed by atoms with E-state index in [9.17, 15) is 10.2 Å². The third-order valence-electron chi connectivity index (χ3n) is 3.17. The summed E-state index contributed by atoms with van der Waals surface area (Å²) in [5, 5.41) is 24.7. The fourth-order valence-corrected chi connectivity index (χ4v) is 3.03. The van der Waals surface area contributed by atoms with Crippen molar-refractivity contribution in [1.29, 1.82) is 0 Å². The first-order valence-electron chi connectivity index (χ1n) is 6.42. The first kappa shape index (κ1) is 13.9. The maximum Gasteiger partial charge on any atom is 0.119 e. The van der Waals surface area contributed by atoms with Crippen molar-refractivity contribution in [1.82, 2.24) is 5.32 Å². The van der Waals surface area contributed by atoms with E-state index in [4.69, 9.17) is 0 Å². The molecule has 2 unspecified atom stereocenters. The minimum absolute atomic E-state index is 0.0602. The number of phenols is 2. The lowest BCUT2D eigenvalue weighted by Crippen LogP contribution is -2.23. The van der Waals surface area contributed by atoms with Crippen molar-refractivity contribution >= 4 is 11.3 Å². The molecule has 0 aliphatic heterocycles. The van der Waals surface area contributed by atoms with Crippen LogP contribution in [0, 0.1) is 0 Å². The van der Waals surface area contributed by atoms with Crippen LogP contribution in [-0.2, 0) is 0 Å². The molecule has 0 amide bonds. The van der Waals surface area contributed by atoms with Crippen LogP contribution in [0.4, 0.5) is 0 Å². The van der Waals surface area contributed by atoms with Crippen molar-refractivity contribution in [2.75, 3.05) is 0 Å². The van der Waals surface area contributed by atoms with Gasteiger partial charge in [-0.2, -0.15) is 0 Å². The van der Waals surface area contributed by atoms with Crippen LogP contribution in [0.5, 0.6) is 11.5 Å². The number of phenolic OH excluding ortho intramolecular Hbond substituents is 2. The number of hydrogen-bond donors (Lipinski definition) is 3. The summed E-state index contributed by atoms with van der Waals surface area (Å²) in [6.07, 6.45) is 0.996. The maximum atomic E-state index is 9.53. The average Bonchev–Trinajstić information content (AvgIpc) is 2.88. The van der Waals surface area contributed by atoms with E-state index >= 15 is 0 Å². The van der Waals surface area contributed by atoms with Gasteiger partial charge in [0, 0.05) is 23.0 Å². The second-order valence-corrected chi connectivity index (χ2v) is 5.63. The summed E-state index contributed by atoms with van der Waals surface area (Å²) in [6, 6.07) is 9.22. The Balaban J connectivity index is 2.13. The molecule has 2 rings (SSSR count). The van der Waals surface area contributed by atoms with Gasteiger partial charge in [-0.25, -0.2) is 0 Å². The van der Waals surface area contributed by atoms with Gasteiger partial charge in [0.05, 0.1) is 0 Å². The zero-order chi connectivity index (χ0) is 13.8. The zero-order valence-electron chi connectivity index (χ0n) is 11.1. The summed E-state index contributed by atoms with van der Waals surface area (Å²) in [5.41, 5.74) is 0.882. The van der Waals surface area contributed by atoms with Crippen molar-refractivity contribution in [2.45, 2.75) is 32.4 Å². The third-order valence-corrected chi connectivity index (χ3v) is 4.16. The summed E-state index contributed by atoms with van der Waals surface area (Å²) < 4.78 is 0. The van der Waals surface area contributed by atoms with E-state index in [1.54, 1.807) is 23.5 Å². The second kappa shape index (κ2) is 6.08. The Bertz CT molecular complexity index is 505. The Hall–Kier alpha value is -1.52. The lowest BCUT2D eigenvalue weighted by molar-refractivity contribution is 0.436. The van der Waals surface area contributed by atoms with Crippen LogP contribution in [0.3, 0.4) is 0 Å². The van der Waals surface area contributed by atoms with Gasteiger partial charge in [-0.1, -0.05) is 13.0 Å². The van der Waals surface area contributed by atoms with Crippen LogP contribution in [0.25, 0.3) is 0 Å². The molecule has 0 fully saturated rings. The van der Waals surface area contributed by atoms with Crippen LogP contribution in [0.15, 0.2) is 35.7 Å². The molecule has 4 heteroatoms. The van der Waals surface area contributed by atoms with Gasteiger partial charge in [-0.3, -0.25) is 0 Å². The van der Waals surface area contributed by atoms with Gasteiger partial charge >= 0.3 is 0 Å². The topological polar surface area (TPSA) is 52.5 Å². The van der Waals surface area contributed by atoms with E-state index in [-0.39, 0.29) is 17.5 Å². The van der Waals surface area contributed by atoms with E-state index in [2.05, 4.69) is 29.8 Å². The smallest absolute Gasteiger partial charge is 0.119 e. The minimum Gasteiger partial charge on any atom is -0.508 e. The number of rotatable bonds is 5. The fraction of sp³-hybridized carbons (Fsp3) is 0.333. The minimum atomic E-state index is 0.0602. The van der Waals surface area contributed by atoms with Crippen LogP contribution >= 0.6 is 11.3 Å². The standard InChI is InChI=1S/C15H19NO2S/c1-3-14(15-5-4-6-19-15)16-10(2)11-7-12(17)9-13(18)8-11/h4-10,14,16-18H,3H2,1-2H3. The number of thiophene rings is 1. The molecule has 0 aliphatic rings. The molecule has 0 radical (unpaired) electrons. The highest BCUT2D eigenvalue weighted by atomic mass is 32.1. The summed E-state index contributed by atoms with van der Waals surface area (Å²) >= 11 is 1.74. The number of nitrogens with one attached hydrogen (secondary N) is 1. The molecule has 0 saturated heterocycles. The number of hydrogen-bond acceptors (Lipinski definition) is 4. The Morgan fingerprint density at radius 2 is 1.89 bits per heavy atom. The van der Waals surface area contributed by atoms with Crippen molar-refractivity contribution in [2.24, 2.45) is 0 Å². The predicted octanol–water partition coefficient (Wildman–Crippen LogP) is 3.96. The maximum absolute atomic E-state index is 9.53. The molecule has 2 aromatic rings. The van der Waals surface area contributed by atoms with Gasteiger partial charge in [0.1, 0.15) is 11.5 Å². The van der Waals surface area contributed by atoms with Gasteiger partial charge in [0.15, 0.2) is 0 Å². The van der Waals surface area contributed by atoms with Crippen LogP contribution in [0.2, 0.25) is 0 Å². The zero-order valence-corrected chi connectivity index (χ0v) is 11.9. The Kier molecular flexibility index (Phi) is 4.45. The van der Waals surface area contributed by atoms with Crippen LogP contribution < -0.4 is 5.32 Å². The Morgan fingerprint density at radius 3 is 2.42 bits per heavy atom. The lowest BCUT2D eigenvalue weighted by Gasteiger charge is -2.22. The second-order valence-electron chi connectivity index (χ2n) is 4.65. The molecule has 2 atom stereocenters. The monoisotopic (exact) mass is 277 g/mol. The third kappa shape index (κ3) is 3.49. The summed E-state index contributed by atoms with van der Waals surface area (Å²) in [7, 11) is 0. The first-order chi connectivity index (χ1) is 9.10. The Morgan fingerprint density at radius 1 is 1.21 bits per heavy atom. The highest BCUT2D eigenvalue weighted by Gasteiger charge is 2.15. The molecule has 0 saturated carbocycles. The molecule has 3 N–H and O–H groups in total. The van der Waals surface area contributed by atoms with E-state index < -0.39 is 0 Å². The molecule has 0 bridgehead atoms. The van der Waals surface area contributed by atoms with Crippen molar-refractivity contribution in [3.8, 4) is 11.5 Å². The van der Waals surface area contributed by atoms with E-state index in [1.165, 1.54) is 10.9 Å². The van der Waals surface area contributed by atoms with Crippen LogP contribution in [0.1, 0.15) is 42.8 Å². The molecule has 1 aromatic carbocycles. The molecule has 1 aromatic heterocycles. The molecule has 0 spiro atoms. The molecular weight excluding hydrogens is 258 g/mol. The van der Waals surface area contributed by atoms with Gasteiger partial charge in [-0.15, -0.1) is 11.3 Å². The summed E-state index contributed by atoms with van der Waals surface area (Å²) in [4.78, 5) is 1.30. The molecular formula is C15H19NO2S. The van der Waals surface area contributed by atoms with Crippen molar-refractivity contribution < 1.29 is 10.2 Å². The van der Waals surface area contributed by atoms with Gasteiger partial charge in [0.25, 0.3) is 0 Å². The van der Waals surface area contributed by atoms with Crippen LogP contribution in [-0.4, -0.2) is 10.2 Å². The van der Waals surface area contributed by atoms with Gasteiger partial charge < -0.3 is 15.5 Å². The van der Waals surface area contributed by atoms with E-state index in [1.807, 2.05) is 6.92 Å². The quantitative estimate of drug-likeness (QED) is 0.775. The lowest BCUT2D eigenvalue weighted by atomic mass is 10.1. The number of benzene rings is 1. The van der Waals surface area contributed by atoms with Gasteiger partial charge in [0.2, 0.25) is 0 Å². The van der Waals surface area contributed by atoms with Crippen molar-refractivity contribution in [3.63, 3.8) is 0 Å². The van der Waals surface area contributed by atoms with E-state index in [0.29, 0.717) is 6.04 Å². The fourth-order valence-electron chi connectivity index (χ4n) is 2.16. The summed E-state index contributed by atoms with van der Waals surface area (Å²) in [5.74, 6) is 0.181. The Labute approximate surface area is 117 Å². The van der Waals surface area contributed by atoms with Gasteiger partial charge in [-0.05, 0) is 42.5 Å². The molecule has 3 nitrogen and oxygen atoms in total. The normalized spacial score (nSPS) is 14.2. The van der Waals surface area contributed by atoms with Crippen molar-refractivity contribution in [3.05, 3.63) is 46.2 Å². The SMILES string of the molecule is CCC(NC(C)c1cc(O)cc(O)c1)c1cccs1. The predicted molar refractivity (Wildman–Crippen MR) is 78.7 cm³/mol. The molecule has 0 aliphatic carbocycles. The molecule has 19 heavy (non-hydrogen) atoms. The highest BCUT2D eigenvalue weighted by Crippen LogP contribution is 2.28. The average molecular weight is 277 g/mol. The largest absolute Gasteiger partial charge is 0.508 e. The molecule has 102 valence electrons.